The van der Waals surface area contributed by atoms with E-state index in [1.165, 1.54) is 6.07 Å². The van der Waals surface area contributed by atoms with Gasteiger partial charge in [-0.2, -0.15) is 0 Å². The molecule has 0 radical (unpaired) electrons. The predicted molar refractivity (Wildman–Crippen MR) is 77.5 cm³/mol. The van der Waals surface area contributed by atoms with Crippen molar-refractivity contribution in [1.82, 2.24) is 5.48 Å². The van der Waals surface area contributed by atoms with E-state index in [0.29, 0.717) is 5.84 Å². The van der Waals surface area contributed by atoms with Gasteiger partial charge in [0.25, 0.3) is 5.69 Å². The van der Waals surface area contributed by atoms with Crippen molar-refractivity contribution in [3.63, 3.8) is 0 Å². The number of benzene rings is 2. The van der Waals surface area contributed by atoms with Gasteiger partial charge in [0.1, 0.15) is 0 Å². The summed E-state index contributed by atoms with van der Waals surface area (Å²) >= 11 is 5.83. The second kappa shape index (κ2) is 5.63. The van der Waals surface area contributed by atoms with Crippen molar-refractivity contribution in [2.24, 2.45) is 4.99 Å². The average molecular weight is 319 g/mol. The monoisotopic (exact) mass is 318 g/mol. The van der Waals surface area contributed by atoms with Crippen LogP contribution in [0, 0.1) is 10.1 Å². The van der Waals surface area contributed by atoms with Gasteiger partial charge in [0.05, 0.1) is 4.92 Å². The molecule has 0 unspecified atom stereocenters. The molecule has 3 rings (SSSR count). The molecule has 0 aromatic heterocycles. The largest absolute Gasteiger partial charge is 0.868 e. The number of nitrogens with zero attached hydrogens (tertiary/aromatic N) is 2. The van der Waals surface area contributed by atoms with E-state index in [4.69, 9.17) is 16.4 Å². The Hall–Kier alpha value is -2.64. The van der Waals surface area contributed by atoms with Crippen molar-refractivity contribution in [2.75, 3.05) is 0 Å². The molecular weight excluding hydrogens is 310 g/mol. The lowest BCUT2D eigenvalue weighted by Crippen LogP contribution is -2.18. The van der Waals surface area contributed by atoms with E-state index in [1.807, 2.05) is 30.3 Å². The first kappa shape index (κ1) is 14.3. The van der Waals surface area contributed by atoms with Crippen LogP contribution in [-0.4, -0.2) is 10.8 Å². The Balaban J connectivity index is 1.99. The zero-order chi connectivity index (χ0) is 15.7. The third-order valence-electron chi connectivity index (χ3n) is 3.09. The Bertz CT molecular complexity index is 764. The molecule has 0 saturated carbocycles. The van der Waals surface area contributed by atoms with Gasteiger partial charge >= 0.3 is 0 Å². The number of hydrogen-bond donors (Lipinski definition) is 1. The fourth-order valence-corrected chi connectivity index (χ4v) is 2.28. The standard InChI is InChI=1S/C14H10ClN3O4/c15-9-6-10(12(19)11(7-9)18(20)21)14-16-13(17-22-14)8-4-2-1-3-5-8/h1-7,14,19H,(H,16,17)/p-1/t14-/m1/s1. The van der Waals surface area contributed by atoms with Crippen LogP contribution >= 0.6 is 11.6 Å². The molecule has 0 amide bonds. The summed E-state index contributed by atoms with van der Waals surface area (Å²) in [5.74, 6) is -0.327. The molecule has 0 spiro atoms. The highest BCUT2D eigenvalue weighted by molar-refractivity contribution is 6.31. The number of nitro benzene ring substituents is 1. The number of aliphatic imine (C=N–C) groups is 1. The minimum Gasteiger partial charge on any atom is -0.868 e. The molecule has 1 N–H and O–H groups in total. The van der Waals surface area contributed by atoms with Gasteiger partial charge in [-0.05, 0) is 11.8 Å². The van der Waals surface area contributed by atoms with Gasteiger partial charge < -0.3 is 5.11 Å². The lowest BCUT2D eigenvalue weighted by molar-refractivity contribution is -0.398. The van der Waals surface area contributed by atoms with Crippen LogP contribution in [0.5, 0.6) is 5.75 Å². The van der Waals surface area contributed by atoms with Crippen LogP contribution < -0.4 is 10.6 Å². The summed E-state index contributed by atoms with van der Waals surface area (Å²) < 4.78 is 0. The highest BCUT2D eigenvalue weighted by Gasteiger charge is 2.24. The maximum atomic E-state index is 12.1. The molecule has 0 fully saturated rings. The molecule has 1 aliphatic heterocycles. The summed E-state index contributed by atoms with van der Waals surface area (Å²) in [6, 6.07) is 11.5. The van der Waals surface area contributed by atoms with Gasteiger partial charge in [-0.1, -0.05) is 41.9 Å². The Morgan fingerprint density at radius 1 is 1.27 bits per heavy atom. The Morgan fingerprint density at radius 3 is 2.68 bits per heavy atom. The van der Waals surface area contributed by atoms with Crippen LogP contribution in [0.3, 0.4) is 0 Å². The summed E-state index contributed by atoms with van der Waals surface area (Å²) in [7, 11) is 0. The van der Waals surface area contributed by atoms with Crippen LogP contribution in [0.25, 0.3) is 0 Å². The number of amidine groups is 1. The van der Waals surface area contributed by atoms with Crippen LogP contribution in [0.1, 0.15) is 17.4 Å². The molecule has 1 aliphatic rings. The molecule has 112 valence electrons. The third-order valence-corrected chi connectivity index (χ3v) is 3.30. The van der Waals surface area contributed by atoms with E-state index in [2.05, 4.69) is 10.5 Å². The molecular formula is C14H9ClN3O4-. The molecule has 0 saturated heterocycles. The number of halogens is 1. The van der Waals surface area contributed by atoms with E-state index in [-0.39, 0.29) is 10.6 Å². The molecule has 0 aliphatic carbocycles. The smallest absolute Gasteiger partial charge is 0.263 e. The van der Waals surface area contributed by atoms with Gasteiger partial charge in [-0.25, -0.2) is 15.3 Å². The molecule has 7 nitrogen and oxygen atoms in total. The van der Waals surface area contributed by atoms with E-state index >= 15 is 0 Å². The van der Waals surface area contributed by atoms with Crippen LogP contribution in [0.2, 0.25) is 5.02 Å². The first-order valence-corrected chi connectivity index (χ1v) is 6.64. The SMILES string of the molecule is O=[N+]([O-])c1cc(Cl)cc([C@@H]2N=C(c3ccccc3)NO2)c1[O-]. The summed E-state index contributed by atoms with van der Waals surface area (Å²) in [6.45, 7) is 0. The Morgan fingerprint density at radius 2 is 2.00 bits per heavy atom. The molecule has 0 bridgehead atoms. The van der Waals surface area contributed by atoms with Crippen molar-refractivity contribution in [3.8, 4) is 5.75 Å². The quantitative estimate of drug-likeness (QED) is 0.691. The van der Waals surface area contributed by atoms with Crippen molar-refractivity contribution >= 4 is 23.1 Å². The van der Waals surface area contributed by atoms with Crippen molar-refractivity contribution < 1.29 is 14.9 Å². The topological polar surface area (TPSA) is 99.8 Å². The van der Waals surface area contributed by atoms with E-state index in [1.54, 1.807) is 0 Å². The summed E-state index contributed by atoms with van der Waals surface area (Å²) in [6.07, 6.45) is -0.986. The zero-order valence-electron chi connectivity index (χ0n) is 11.0. The summed E-state index contributed by atoms with van der Waals surface area (Å²) in [5, 5.41) is 23.1. The lowest BCUT2D eigenvalue weighted by atomic mass is 10.1. The van der Waals surface area contributed by atoms with Gasteiger partial charge in [0, 0.05) is 22.2 Å². The minimum absolute atomic E-state index is 0.0117. The van der Waals surface area contributed by atoms with E-state index in [0.717, 1.165) is 11.6 Å². The number of nitro groups is 1. The van der Waals surface area contributed by atoms with Crippen molar-refractivity contribution in [2.45, 2.75) is 6.23 Å². The fourth-order valence-electron chi connectivity index (χ4n) is 2.06. The first-order chi connectivity index (χ1) is 10.6. The average Bonchev–Trinajstić information content (AvgIpc) is 2.99. The van der Waals surface area contributed by atoms with Crippen LogP contribution in [0.4, 0.5) is 5.69 Å². The molecule has 8 heteroatoms. The van der Waals surface area contributed by atoms with Gasteiger partial charge in [-0.3, -0.25) is 10.1 Å². The lowest BCUT2D eigenvalue weighted by Gasteiger charge is -2.16. The second-order valence-corrected chi connectivity index (χ2v) is 4.95. The predicted octanol–water partition coefficient (Wildman–Crippen LogP) is 2.30. The summed E-state index contributed by atoms with van der Waals surface area (Å²) in [4.78, 5) is 19.6. The Labute approximate surface area is 129 Å². The van der Waals surface area contributed by atoms with Gasteiger partial charge in [0.15, 0.2) is 5.84 Å². The third kappa shape index (κ3) is 2.59. The maximum Gasteiger partial charge on any atom is 0.263 e. The van der Waals surface area contributed by atoms with Gasteiger partial charge in [0.2, 0.25) is 6.23 Å². The van der Waals surface area contributed by atoms with Crippen LogP contribution in [-0.2, 0) is 4.84 Å². The fraction of sp³-hybridized carbons (Fsp3) is 0.0714. The van der Waals surface area contributed by atoms with Crippen molar-refractivity contribution in [1.29, 1.82) is 0 Å². The van der Waals surface area contributed by atoms with Gasteiger partial charge in [-0.15, -0.1) is 0 Å². The second-order valence-electron chi connectivity index (χ2n) is 4.52. The number of hydrogen-bond acceptors (Lipinski definition) is 6. The normalized spacial score (nSPS) is 17.0. The minimum atomic E-state index is -0.986. The zero-order valence-corrected chi connectivity index (χ0v) is 11.8. The van der Waals surface area contributed by atoms with E-state index < -0.39 is 22.6 Å². The highest BCUT2D eigenvalue weighted by Crippen LogP contribution is 2.37. The van der Waals surface area contributed by atoms with Crippen molar-refractivity contribution in [3.05, 3.63) is 68.7 Å². The number of hydroxylamine groups is 1. The Kier molecular flexibility index (Phi) is 3.66. The molecule has 1 heterocycles. The van der Waals surface area contributed by atoms with Crippen LogP contribution in [0.15, 0.2) is 47.5 Å². The summed E-state index contributed by atoms with van der Waals surface area (Å²) in [5.41, 5.74) is 2.80. The first-order valence-electron chi connectivity index (χ1n) is 6.26. The molecule has 2 aromatic rings. The van der Waals surface area contributed by atoms with E-state index in [9.17, 15) is 15.2 Å². The maximum absolute atomic E-state index is 12.1. The molecule has 1 atom stereocenters. The number of rotatable bonds is 3. The highest BCUT2D eigenvalue weighted by atomic mass is 35.5. The molecule has 22 heavy (non-hydrogen) atoms. The molecule has 2 aromatic carbocycles. The number of nitrogens with one attached hydrogen (secondary N) is 1.